The molecule has 4 rings (SSSR count). The summed E-state index contributed by atoms with van der Waals surface area (Å²) in [7, 11) is 0. The van der Waals surface area contributed by atoms with Crippen LogP contribution in [-0.2, 0) is 9.53 Å². The molecule has 1 atom stereocenters. The molecule has 0 aliphatic carbocycles. The van der Waals surface area contributed by atoms with Crippen molar-refractivity contribution in [3.05, 3.63) is 47.8 Å². The number of pyridine rings is 1. The quantitative estimate of drug-likeness (QED) is 0.559. The minimum atomic E-state index is -1.05. The summed E-state index contributed by atoms with van der Waals surface area (Å²) in [6, 6.07) is 6.82. The van der Waals surface area contributed by atoms with Crippen molar-refractivity contribution in [2.45, 2.75) is 44.8 Å². The van der Waals surface area contributed by atoms with E-state index < -0.39 is 29.0 Å². The van der Waals surface area contributed by atoms with Crippen LogP contribution in [0.1, 0.15) is 54.3 Å². The number of carbonyl (C=O) groups is 3. The molecule has 8 nitrogen and oxygen atoms in total. The number of benzene rings is 1. The summed E-state index contributed by atoms with van der Waals surface area (Å²) in [5, 5.41) is 3.26. The number of ether oxygens (including phenoxy) is 2. The number of primary amides is 1. The zero-order chi connectivity index (χ0) is 23.1. The van der Waals surface area contributed by atoms with Crippen LogP contribution in [0.2, 0.25) is 0 Å². The van der Waals surface area contributed by atoms with Crippen LogP contribution < -0.4 is 15.8 Å². The van der Waals surface area contributed by atoms with E-state index in [4.69, 9.17) is 15.2 Å². The molecular weight excluding hydrogens is 410 g/mol. The third kappa shape index (κ3) is 4.10. The lowest BCUT2D eigenvalue weighted by Gasteiger charge is -2.45. The Morgan fingerprint density at radius 2 is 1.88 bits per heavy atom. The first kappa shape index (κ1) is 22.0. The van der Waals surface area contributed by atoms with Crippen LogP contribution in [0.15, 0.2) is 36.7 Å². The van der Waals surface area contributed by atoms with Gasteiger partial charge in [0.05, 0.1) is 11.1 Å². The van der Waals surface area contributed by atoms with E-state index >= 15 is 0 Å². The Balaban J connectivity index is 1.77. The highest BCUT2D eigenvalue weighted by Crippen LogP contribution is 2.44. The van der Waals surface area contributed by atoms with Crippen LogP contribution >= 0.6 is 0 Å². The maximum Gasteiger partial charge on any atom is 0.321 e. The number of fused-ring (bicyclic) bond motifs is 1. The Bertz CT molecular complexity index is 1080. The predicted octanol–water partition coefficient (Wildman–Crippen LogP) is 2.50. The Hall–Kier alpha value is -3.26. The van der Waals surface area contributed by atoms with Gasteiger partial charge in [-0.2, -0.15) is 0 Å². The first-order valence-electron chi connectivity index (χ1n) is 10.7. The first-order chi connectivity index (χ1) is 15.1. The minimum Gasteiger partial charge on any atom is -0.485 e. The molecule has 0 unspecified atom stereocenters. The summed E-state index contributed by atoms with van der Waals surface area (Å²) in [5.41, 5.74) is 5.58. The number of hydrogen-bond acceptors (Lipinski definition) is 7. The zero-order valence-electron chi connectivity index (χ0n) is 18.4. The molecular formula is C24H27N3O5. The van der Waals surface area contributed by atoms with Crippen molar-refractivity contribution in [1.82, 2.24) is 10.3 Å². The van der Waals surface area contributed by atoms with Gasteiger partial charge in [-0.05, 0) is 57.6 Å². The third-order valence-corrected chi connectivity index (χ3v) is 5.80. The van der Waals surface area contributed by atoms with Crippen LogP contribution in [0.25, 0.3) is 11.1 Å². The van der Waals surface area contributed by atoms with Gasteiger partial charge in [-0.1, -0.05) is 6.07 Å². The molecule has 2 aliphatic heterocycles. The maximum atomic E-state index is 13.7. The molecule has 8 heteroatoms. The number of ketones is 1. The molecule has 3 N–H and O–H groups in total. The fourth-order valence-electron chi connectivity index (χ4n) is 4.32. The van der Waals surface area contributed by atoms with Gasteiger partial charge in [-0.15, -0.1) is 0 Å². The molecule has 1 saturated heterocycles. The number of carbonyl (C=O) groups excluding carboxylic acids is 3. The van der Waals surface area contributed by atoms with Gasteiger partial charge in [0.1, 0.15) is 17.0 Å². The second-order valence-corrected chi connectivity index (χ2v) is 9.29. The Labute approximate surface area is 186 Å². The summed E-state index contributed by atoms with van der Waals surface area (Å²) in [6.07, 6.45) is 4.02. The number of nitrogens with one attached hydrogen (secondary N) is 1. The van der Waals surface area contributed by atoms with Crippen molar-refractivity contribution >= 4 is 17.7 Å². The molecule has 0 saturated carbocycles. The Kier molecular flexibility index (Phi) is 5.50. The van der Waals surface area contributed by atoms with E-state index in [2.05, 4.69) is 10.3 Å². The molecule has 1 aromatic carbocycles. The fraction of sp³-hybridized carbons (Fsp3) is 0.417. The van der Waals surface area contributed by atoms with Crippen molar-refractivity contribution in [2.75, 3.05) is 13.1 Å². The number of nitrogens with two attached hydrogens (primary N) is 1. The molecule has 168 valence electrons. The largest absolute Gasteiger partial charge is 0.485 e. The van der Waals surface area contributed by atoms with Gasteiger partial charge in [-0.3, -0.25) is 19.4 Å². The van der Waals surface area contributed by atoms with E-state index in [1.54, 1.807) is 51.2 Å². The van der Waals surface area contributed by atoms with Crippen LogP contribution in [-0.4, -0.2) is 46.9 Å². The van der Waals surface area contributed by atoms with Gasteiger partial charge in [0.15, 0.2) is 11.7 Å². The number of piperidine rings is 1. The summed E-state index contributed by atoms with van der Waals surface area (Å²) in [4.78, 5) is 42.5. The number of aromatic nitrogens is 1. The standard InChI is InChI=1S/C24H27N3O5/c1-23(2,3)32-22(30)19-20(28)17-11-14(15-10-16(21(25)29)13-27-12-15)4-5-18(17)31-24(19)6-8-26-9-7-24/h4-5,10-13,19,26H,6-9H2,1-3H3,(H2,25,29)/t19-/m1/s1. The Morgan fingerprint density at radius 3 is 2.53 bits per heavy atom. The lowest BCUT2D eigenvalue weighted by Crippen LogP contribution is -2.59. The van der Waals surface area contributed by atoms with Gasteiger partial charge < -0.3 is 20.5 Å². The van der Waals surface area contributed by atoms with E-state index in [1.807, 2.05) is 0 Å². The number of rotatable bonds is 3. The first-order valence-corrected chi connectivity index (χ1v) is 10.7. The summed E-state index contributed by atoms with van der Waals surface area (Å²) in [5.74, 6) is -2.09. The second kappa shape index (κ2) is 8.02. The summed E-state index contributed by atoms with van der Waals surface area (Å²) < 4.78 is 12.0. The number of nitrogens with zero attached hydrogens (tertiary/aromatic N) is 1. The fourth-order valence-corrected chi connectivity index (χ4v) is 4.32. The van der Waals surface area contributed by atoms with E-state index in [9.17, 15) is 14.4 Å². The number of amides is 1. The molecule has 1 spiro atoms. The zero-order valence-corrected chi connectivity index (χ0v) is 18.4. The van der Waals surface area contributed by atoms with Crippen LogP contribution in [0, 0.1) is 5.92 Å². The highest BCUT2D eigenvalue weighted by molar-refractivity contribution is 6.12. The molecule has 1 fully saturated rings. The van der Waals surface area contributed by atoms with E-state index in [0.29, 0.717) is 48.4 Å². The average molecular weight is 437 g/mol. The van der Waals surface area contributed by atoms with Crippen LogP contribution in [0.3, 0.4) is 0 Å². The van der Waals surface area contributed by atoms with Crippen molar-refractivity contribution in [1.29, 1.82) is 0 Å². The summed E-state index contributed by atoms with van der Waals surface area (Å²) in [6.45, 7) is 6.62. The van der Waals surface area contributed by atoms with Crippen molar-refractivity contribution < 1.29 is 23.9 Å². The van der Waals surface area contributed by atoms with Gasteiger partial charge in [0, 0.05) is 30.8 Å². The summed E-state index contributed by atoms with van der Waals surface area (Å²) >= 11 is 0. The SMILES string of the molecule is CC(C)(C)OC(=O)[C@H]1C(=O)c2cc(-c3cncc(C(N)=O)c3)ccc2OC12CCNCC2. The smallest absolute Gasteiger partial charge is 0.321 e. The molecule has 0 radical (unpaired) electrons. The van der Waals surface area contributed by atoms with E-state index in [-0.39, 0.29) is 11.3 Å². The molecule has 3 heterocycles. The number of esters is 1. The van der Waals surface area contributed by atoms with E-state index in [1.165, 1.54) is 6.20 Å². The van der Waals surface area contributed by atoms with Crippen molar-refractivity contribution in [3.8, 4) is 16.9 Å². The maximum absolute atomic E-state index is 13.7. The lowest BCUT2D eigenvalue weighted by atomic mass is 9.73. The molecule has 1 amide bonds. The second-order valence-electron chi connectivity index (χ2n) is 9.29. The predicted molar refractivity (Wildman–Crippen MR) is 117 cm³/mol. The molecule has 32 heavy (non-hydrogen) atoms. The van der Waals surface area contributed by atoms with E-state index in [0.717, 1.165) is 0 Å². The number of hydrogen-bond donors (Lipinski definition) is 2. The van der Waals surface area contributed by atoms with Crippen LogP contribution in [0.4, 0.5) is 0 Å². The molecule has 2 aromatic rings. The van der Waals surface area contributed by atoms with Crippen molar-refractivity contribution in [3.63, 3.8) is 0 Å². The topological polar surface area (TPSA) is 121 Å². The highest BCUT2D eigenvalue weighted by atomic mass is 16.6. The Morgan fingerprint density at radius 1 is 1.16 bits per heavy atom. The van der Waals surface area contributed by atoms with Crippen molar-refractivity contribution in [2.24, 2.45) is 11.7 Å². The third-order valence-electron chi connectivity index (χ3n) is 5.80. The monoisotopic (exact) mass is 437 g/mol. The molecule has 1 aromatic heterocycles. The van der Waals surface area contributed by atoms with Gasteiger partial charge in [-0.25, -0.2) is 0 Å². The molecule has 2 aliphatic rings. The molecule has 0 bridgehead atoms. The van der Waals surface area contributed by atoms with Gasteiger partial charge >= 0.3 is 5.97 Å². The highest BCUT2D eigenvalue weighted by Gasteiger charge is 2.55. The lowest BCUT2D eigenvalue weighted by molar-refractivity contribution is -0.166. The van der Waals surface area contributed by atoms with Crippen LogP contribution in [0.5, 0.6) is 5.75 Å². The minimum absolute atomic E-state index is 0.267. The average Bonchev–Trinajstić information content (AvgIpc) is 2.73. The number of Topliss-reactive ketones (excluding diaryl/α,β-unsaturated/α-hetero) is 1. The van der Waals surface area contributed by atoms with Gasteiger partial charge in [0.2, 0.25) is 5.91 Å². The normalized spacial score (nSPS) is 19.7. The van der Waals surface area contributed by atoms with Gasteiger partial charge in [0.25, 0.3) is 0 Å².